The molecule has 2 aliphatic rings. The van der Waals surface area contributed by atoms with E-state index >= 15 is 0 Å². The van der Waals surface area contributed by atoms with Gasteiger partial charge in [-0.25, -0.2) is 9.78 Å². The number of cyclic esters (lactones) is 1. The Labute approximate surface area is 184 Å². The molecule has 1 aromatic heterocycles. The van der Waals surface area contributed by atoms with Crippen LogP contribution in [0.15, 0.2) is 35.5 Å². The minimum Gasteiger partial charge on any atom is -0.610 e. The average molecular weight is 440 g/mol. The van der Waals surface area contributed by atoms with Crippen LogP contribution in [0.5, 0.6) is 0 Å². The zero-order chi connectivity index (χ0) is 22.0. The van der Waals surface area contributed by atoms with Crippen LogP contribution in [-0.4, -0.2) is 50.9 Å². The lowest BCUT2D eigenvalue weighted by Crippen LogP contribution is -2.38. The van der Waals surface area contributed by atoms with Gasteiger partial charge < -0.3 is 19.3 Å². The number of nitriles is 1. The predicted molar refractivity (Wildman–Crippen MR) is 115 cm³/mol. The van der Waals surface area contributed by atoms with E-state index in [0.717, 1.165) is 42.6 Å². The van der Waals surface area contributed by atoms with Gasteiger partial charge in [-0.2, -0.15) is 5.26 Å². The van der Waals surface area contributed by atoms with Crippen molar-refractivity contribution in [1.29, 1.82) is 5.26 Å². The van der Waals surface area contributed by atoms with Crippen LogP contribution in [0.25, 0.3) is 0 Å². The Morgan fingerprint density at radius 1 is 1.35 bits per heavy atom. The van der Waals surface area contributed by atoms with E-state index in [4.69, 9.17) is 10.00 Å². The molecule has 2 atom stereocenters. The minimum absolute atomic E-state index is 0.275. The molecule has 2 aromatic rings. The molecule has 0 amide bonds. The van der Waals surface area contributed by atoms with Gasteiger partial charge in [0.05, 0.1) is 17.2 Å². The van der Waals surface area contributed by atoms with E-state index < -0.39 is 17.3 Å². The Kier molecular flexibility index (Phi) is 6.58. The minimum atomic E-state index is -1.18. The molecular formula is C23H25N3O4S. The number of hydrogen-bond acceptors (Lipinski definition) is 7. The molecule has 1 saturated heterocycles. The maximum Gasteiger partial charge on any atom is 0.338 e. The number of β-amino-alcohol motifs (C(OH)–C–C–N with tert-alkyl or cyclic N) is 1. The number of esters is 1. The highest BCUT2D eigenvalue weighted by Gasteiger charge is 2.29. The topological polar surface area (TPSA) is 110 Å². The van der Waals surface area contributed by atoms with Crippen LogP contribution in [0.3, 0.4) is 0 Å². The van der Waals surface area contributed by atoms with Gasteiger partial charge >= 0.3 is 5.97 Å². The number of ether oxygens (including phenoxy) is 1. The third-order valence-corrected chi connectivity index (χ3v) is 7.67. The number of benzene rings is 1. The van der Waals surface area contributed by atoms with Crippen LogP contribution < -0.4 is 0 Å². The lowest BCUT2D eigenvalue weighted by molar-refractivity contribution is 0.0535. The monoisotopic (exact) mass is 439 g/mol. The molecule has 2 aliphatic heterocycles. The SMILES string of the molecule is Cc1c([C@@H](O)CN2CCC(C[S+]([O-])c3ccc(C#N)cn3)CC2)ccc2c1COC2=O. The quantitative estimate of drug-likeness (QED) is 0.544. The summed E-state index contributed by atoms with van der Waals surface area (Å²) in [4.78, 5) is 18.1. The van der Waals surface area contributed by atoms with Crippen molar-refractivity contribution >= 4 is 17.1 Å². The molecule has 0 saturated carbocycles. The van der Waals surface area contributed by atoms with Crippen LogP contribution in [0.1, 0.15) is 51.6 Å². The van der Waals surface area contributed by atoms with Crippen molar-refractivity contribution in [3.63, 3.8) is 0 Å². The molecule has 0 spiro atoms. The van der Waals surface area contributed by atoms with Crippen LogP contribution in [0.2, 0.25) is 0 Å². The molecule has 1 fully saturated rings. The molecule has 0 aliphatic carbocycles. The van der Waals surface area contributed by atoms with Crippen molar-refractivity contribution in [2.45, 2.75) is 37.5 Å². The maximum absolute atomic E-state index is 12.6. The molecule has 1 aromatic carbocycles. The lowest BCUT2D eigenvalue weighted by Gasteiger charge is -2.33. The molecule has 7 nitrogen and oxygen atoms in total. The Bertz CT molecular complexity index is 997. The van der Waals surface area contributed by atoms with E-state index in [1.54, 1.807) is 18.2 Å². The summed E-state index contributed by atoms with van der Waals surface area (Å²) in [6.07, 6.45) is 2.66. The van der Waals surface area contributed by atoms with Crippen molar-refractivity contribution in [1.82, 2.24) is 9.88 Å². The van der Waals surface area contributed by atoms with Gasteiger partial charge in [0, 0.05) is 41.5 Å². The van der Waals surface area contributed by atoms with Gasteiger partial charge in [0.1, 0.15) is 18.4 Å². The number of nitrogens with zero attached hydrogens (tertiary/aromatic N) is 3. The van der Waals surface area contributed by atoms with Gasteiger partial charge in [0.15, 0.2) is 0 Å². The van der Waals surface area contributed by atoms with E-state index in [-0.39, 0.29) is 12.6 Å². The number of carbonyl (C=O) groups excluding carboxylic acids is 1. The number of fused-ring (bicyclic) bond motifs is 1. The van der Waals surface area contributed by atoms with Gasteiger partial charge in [-0.15, -0.1) is 0 Å². The van der Waals surface area contributed by atoms with E-state index in [0.29, 0.717) is 34.4 Å². The molecule has 8 heteroatoms. The molecular weight excluding hydrogens is 414 g/mol. The normalized spacial score (nSPS) is 18.8. The molecule has 1 unspecified atom stereocenters. The second kappa shape index (κ2) is 9.37. The second-order valence-corrected chi connectivity index (χ2v) is 9.59. The highest BCUT2D eigenvalue weighted by atomic mass is 32.2. The number of likely N-dealkylation sites (tertiary alicyclic amines) is 1. The summed E-state index contributed by atoms with van der Waals surface area (Å²) in [5, 5.41) is 20.2. The maximum atomic E-state index is 12.6. The molecule has 3 heterocycles. The highest BCUT2D eigenvalue weighted by molar-refractivity contribution is 7.91. The molecule has 1 N–H and O–H groups in total. The first kappa shape index (κ1) is 21.8. The van der Waals surface area contributed by atoms with Gasteiger partial charge in [-0.05, 0) is 56.1 Å². The summed E-state index contributed by atoms with van der Waals surface area (Å²) >= 11 is -1.18. The fourth-order valence-electron chi connectivity index (χ4n) is 4.29. The van der Waals surface area contributed by atoms with Crippen LogP contribution in [0, 0.1) is 24.2 Å². The van der Waals surface area contributed by atoms with Crippen molar-refractivity contribution in [3.05, 3.63) is 58.3 Å². The summed E-state index contributed by atoms with van der Waals surface area (Å²) in [5.74, 6) is 0.610. The third kappa shape index (κ3) is 4.75. The molecule has 4 rings (SSSR count). The number of piperidine rings is 1. The van der Waals surface area contributed by atoms with Crippen molar-refractivity contribution in [2.24, 2.45) is 5.92 Å². The average Bonchev–Trinajstić information content (AvgIpc) is 3.17. The number of pyridine rings is 1. The van der Waals surface area contributed by atoms with Gasteiger partial charge in [0.2, 0.25) is 5.03 Å². The van der Waals surface area contributed by atoms with Crippen LogP contribution in [-0.2, 0) is 22.5 Å². The van der Waals surface area contributed by atoms with Crippen molar-refractivity contribution in [2.75, 3.05) is 25.4 Å². The Morgan fingerprint density at radius 3 is 2.81 bits per heavy atom. The fraction of sp³-hybridized carbons (Fsp3) is 0.435. The summed E-state index contributed by atoms with van der Waals surface area (Å²) < 4.78 is 17.7. The van der Waals surface area contributed by atoms with E-state index in [9.17, 15) is 14.5 Å². The zero-order valence-corrected chi connectivity index (χ0v) is 18.2. The van der Waals surface area contributed by atoms with Crippen LogP contribution >= 0.6 is 0 Å². The largest absolute Gasteiger partial charge is 0.610 e. The lowest BCUT2D eigenvalue weighted by atomic mass is 9.94. The zero-order valence-electron chi connectivity index (χ0n) is 17.4. The first-order chi connectivity index (χ1) is 15.0. The fourth-order valence-corrected chi connectivity index (χ4v) is 5.61. The summed E-state index contributed by atoms with van der Waals surface area (Å²) in [6, 6.07) is 8.90. The number of aliphatic hydroxyl groups is 1. The summed E-state index contributed by atoms with van der Waals surface area (Å²) in [5.41, 5.74) is 3.70. The number of hydrogen-bond donors (Lipinski definition) is 1. The molecule has 0 bridgehead atoms. The number of rotatable bonds is 6. The first-order valence-corrected chi connectivity index (χ1v) is 11.7. The van der Waals surface area contributed by atoms with E-state index in [2.05, 4.69) is 9.88 Å². The van der Waals surface area contributed by atoms with Gasteiger partial charge in [-0.1, -0.05) is 6.07 Å². The number of carbonyl (C=O) groups is 1. The molecule has 162 valence electrons. The van der Waals surface area contributed by atoms with Crippen molar-refractivity contribution in [3.8, 4) is 6.07 Å². The van der Waals surface area contributed by atoms with Crippen LogP contribution in [0.4, 0.5) is 0 Å². The Balaban J connectivity index is 1.29. The highest BCUT2D eigenvalue weighted by Crippen LogP contribution is 2.30. The Hall–Kier alpha value is -2.44. The standard InChI is InChI=1S/C23H25N3O4S/c1-15-18(3-4-19-20(15)13-30-23(19)28)21(27)12-26-8-6-16(7-9-26)14-31(29)22-5-2-17(10-24)11-25-22/h2-5,11,16,21,27H,6-9,12-14H2,1H3/t21-,31?/m0/s1. The predicted octanol–water partition coefficient (Wildman–Crippen LogP) is 2.49. The van der Waals surface area contributed by atoms with Gasteiger partial charge in [0.25, 0.3) is 0 Å². The van der Waals surface area contributed by atoms with Crippen molar-refractivity contribution < 1.29 is 19.2 Å². The third-order valence-electron chi connectivity index (χ3n) is 6.19. The Morgan fingerprint density at radius 2 is 2.13 bits per heavy atom. The van der Waals surface area contributed by atoms with Gasteiger partial charge in [-0.3, -0.25) is 0 Å². The molecule has 31 heavy (non-hydrogen) atoms. The number of aliphatic hydroxyl groups excluding tert-OH is 1. The smallest absolute Gasteiger partial charge is 0.338 e. The molecule has 0 radical (unpaired) electrons. The summed E-state index contributed by atoms with van der Waals surface area (Å²) in [7, 11) is 0. The van der Waals surface area contributed by atoms with E-state index in [1.807, 2.05) is 19.1 Å². The summed E-state index contributed by atoms with van der Waals surface area (Å²) in [6.45, 7) is 4.41. The second-order valence-electron chi connectivity index (χ2n) is 8.15. The number of aromatic nitrogens is 1. The van der Waals surface area contributed by atoms with E-state index in [1.165, 1.54) is 6.20 Å². The first-order valence-electron chi connectivity index (χ1n) is 10.4.